The lowest BCUT2D eigenvalue weighted by atomic mass is 10.5. The lowest BCUT2D eigenvalue weighted by Gasteiger charge is -2.01. The molecule has 0 aromatic heterocycles. The first-order chi connectivity index (χ1) is 5.06. The van der Waals surface area contributed by atoms with Gasteiger partial charge in [-0.1, -0.05) is 6.92 Å². The average Bonchev–Trinajstić information content (AvgIpc) is 2.66. The number of amides is 1. The zero-order valence-corrected chi connectivity index (χ0v) is 7.02. The Labute approximate surface area is 66.0 Å². The fraction of sp³-hybridized carbons (Fsp3) is 0.667. The SMILES string of the molecule is C[CH]C(=O)NS(=O)(=O)C1CC1. The highest BCUT2D eigenvalue weighted by atomic mass is 32.2. The fourth-order valence-corrected chi connectivity index (χ4v) is 1.98. The second-order valence-electron chi connectivity index (χ2n) is 2.50. The molecule has 1 aliphatic rings. The van der Waals surface area contributed by atoms with Crippen LogP contribution in [0.2, 0.25) is 0 Å². The Bertz CT molecular complexity index is 253. The molecule has 0 spiro atoms. The minimum atomic E-state index is -3.33. The van der Waals surface area contributed by atoms with Crippen LogP contribution in [0.15, 0.2) is 0 Å². The third-order valence-electron chi connectivity index (χ3n) is 1.47. The maximum atomic E-state index is 11.0. The highest BCUT2D eigenvalue weighted by Gasteiger charge is 2.36. The summed E-state index contributed by atoms with van der Waals surface area (Å²) < 4.78 is 24.0. The third-order valence-corrected chi connectivity index (χ3v) is 3.30. The molecule has 0 aromatic carbocycles. The second kappa shape index (κ2) is 2.81. The predicted molar refractivity (Wildman–Crippen MR) is 40.1 cm³/mol. The first-order valence-corrected chi connectivity index (χ1v) is 4.96. The van der Waals surface area contributed by atoms with Gasteiger partial charge in [-0.15, -0.1) is 0 Å². The van der Waals surface area contributed by atoms with Gasteiger partial charge in [0.1, 0.15) is 0 Å². The molecule has 0 bridgehead atoms. The van der Waals surface area contributed by atoms with Gasteiger partial charge in [-0.25, -0.2) is 8.42 Å². The molecule has 1 amide bonds. The van der Waals surface area contributed by atoms with E-state index in [4.69, 9.17) is 0 Å². The maximum Gasteiger partial charge on any atom is 0.237 e. The quantitative estimate of drug-likeness (QED) is 0.648. The molecule has 4 nitrogen and oxygen atoms in total. The van der Waals surface area contributed by atoms with Gasteiger partial charge in [0.2, 0.25) is 15.9 Å². The van der Waals surface area contributed by atoms with Gasteiger partial charge in [-0.05, 0) is 12.8 Å². The van der Waals surface area contributed by atoms with Crippen LogP contribution in [0, 0.1) is 6.42 Å². The standard InChI is InChI=1S/C6H10NO3S/c1-2-6(8)7-11(9,10)5-3-4-5/h2,5H,3-4H2,1H3,(H,7,8). The fourth-order valence-electron chi connectivity index (χ4n) is 0.661. The van der Waals surface area contributed by atoms with E-state index < -0.39 is 15.9 Å². The molecule has 63 valence electrons. The van der Waals surface area contributed by atoms with E-state index in [-0.39, 0.29) is 5.25 Å². The second-order valence-corrected chi connectivity index (χ2v) is 4.46. The van der Waals surface area contributed by atoms with Crippen LogP contribution in [0.1, 0.15) is 19.8 Å². The third kappa shape index (κ3) is 2.18. The molecule has 11 heavy (non-hydrogen) atoms. The first kappa shape index (κ1) is 8.52. The smallest absolute Gasteiger partial charge is 0.237 e. The van der Waals surface area contributed by atoms with Crippen LogP contribution in [0.4, 0.5) is 0 Å². The van der Waals surface area contributed by atoms with Gasteiger partial charge in [0.05, 0.1) is 5.25 Å². The number of nitrogens with one attached hydrogen (secondary N) is 1. The number of carbonyl (C=O) groups excluding carboxylic acids is 1. The molecular formula is C6H10NO3S. The largest absolute Gasteiger partial charge is 0.274 e. The summed E-state index contributed by atoms with van der Waals surface area (Å²) in [6.07, 6.45) is 2.54. The molecular weight excluding hydrogens is 166 g/mol. The summed E-state index contributed by atoms with van der Waals surface area (Å²) in [5.74, 6) is -0.545. The van der Waals surface area contributed by atoms with Crippen LogP contribution < -0.4 is 4.72 Å². The highest BCUT2D eigenvalue weighted by Crippen LogP contribution is 2.27. The minimum absolute atomic E-state index is 0.327. The topological polar surface area (TPSA) is 63.2 Å². The summed E-state index contributed by atoms with van der Waals surface area (Å²) >= 11 is 0. The molecule has 1 rings (SSSR count). The highest BCUT2D eigenvalue weighted by molar-refractivity contribution is 7.90. The molecule has 1 fully saturated rings. The van der Waals surface area contributed by atoms with Crippen LogP contribution in [0.5, 0.6) is 0 Å². The van der Waals surface area contributed by atoms with Gasteiger partial charge in [-0.2, -0.15) is 0 Å². The average molecular weight is 176 g/mol. The number of hydrogen-bond donors (Lipinski definition) is 1. The normalized spacial score (nSPS) is 17.9. The minimum Gasteiger partial charge on any atom is -0.274 e. The summed E-state index contributed by atoms with van der Waals surface area (Å²) in [6, 6.07) is 0. The number of rotatable bonds is 3. The molecule has 0 atom stereocenters. The van der Waals surface area contributed by atoms with Crippen molar-refractivity contribution in [3.63, 3.8) is 0 Å². The van der Waals surface area contributed by atoms with Crippen molar-refractivity contribution < 1.29 is 13.2 Å². The van der Waals surface area contributed by atoms with Gasteiger partial charge in [-0.3, -0.25) is 9.52 Å². The van der Waals surface area contributed by atoms with Crippen LogP contribution in [-0.4, -0.2) is 19.6 Å². The Morgan fingerprint density at radius 2 is 2.09 bits per heavy atom. The lowest BCUT2D eigenvalue weighted by Crippen LogP contribution is -2.32. The van der Waals surface area contributed by atoms with Crippen LogP contribution >= 0.6 is 0 Å². The molecule has 1 aliphatic carbocycles. The van der Waals surface area contributed by atoms with Crippen molar-refractivity contribution in [2.24, 2.45) is 0 Å². The van der Waals surface area contributed by atoms with E-state index in [0.717, 1.165) is 0 Å². The Morgan fingerprint density at radius 1 is 1.55 bits per heavy atom. The molecule has 5 heteroatoms. The van der Waals surface area contributed by atoms with E-state index in [2.05, 4.69) is 0 Å². The number of carbonyl (C=O) groups is 1. The van der Waals surface area contributed by atoms with Crippen LogP contribution in [-0.2, 0) is 14.8 Å². The molecule has 1 radical (unpaired) electrons. The van der Waals surface area contributed by atoms with Crippen molar-refractivity contribution in [1.82, 2.24) is 4.72 Å². The monoisotopic (exact) mass is 176 g/mol. The van der Waals surface area contributed by atoms with Crippen molar-refractivity contribution >= 4 is 15.9 Å². The Balaban J connectivity index is 2.53. The zero-order valence-electron chi connectivity index (χ0n) is 6.20. The molecule has 0 aliphatic heterocycles. The summed E-state index contributed by atoms with van der Waals surface area (Å²) in [5, 5.41) is -0.327. The summed E-state index contributed by atoms with van der Waals surface area (Å²) in [7, 11) is -3.33. The Morgan fingerprint density at radius 3 is 2.45 bits per heavy atom. The number of hydrogen-bond acceptors (Lipinski definition) is 3. The van der Waals surface area contributed by atoms with Gasteiger partial charge in [0.25, 0.3) is 0 Å². The Hall–Kier alpha value is -0.580. The molecule has 0 heterocycles. The lowest BCUT2D eigenvalue weighted by molar-refractivity contribution is -0.116. The summed E-state index contributed by atoms with van der Waals surface area (Å²) in [4.78, 5) is 10.6. The van der Waals surface area contributed by atoms with Crippen molar-refractivity contribution in [2.75, 3.05) is 0 Å². The van der Waals surface area contributed by atoms with Crippen molar-refractivity contribution in [3.8, 4) is 0 Å². The van der Waals surface area contributed by atoms with E-state index in [1.807, 2.05) is 4.72 Å². The predicted octanol–water partition coefficient (Wildman–Crippen LogP) is -0.181. The van der Waals surface area contributed by atoms with Gasteiger partial charge < -0.3 is 0 Å². The molecule has 1 N–H and O–H groups in total. The van der Waals surface area contributed by atoms with E-state index in [0.29, 0.717) is 12.8 Å². The Kier molecular flexibility index (Phi) is 2.17. The van der Waals surface area contributed by atoms with Crippen molar-refractivity contribution in [3.05, 3.63) is 6.42 Å². The zero-order chi connectivity index (χ0) is 8.48. The van der Waals surface area contributed by atoms with E-state index in [9.17, 15) is 13.2 Å². The number of sulfonamides is 1. The molecule has 0 aromatic rings. The maximum absolute atomic E-state index is 11.0. The van der Waals surface area contributed by atoms with Crippen molar-refractivity contribution in [1.29, 1.82) is 0 Å². The van der Waals surface area contributed by atoms with Gasteiger partial charge in [0, 0.05) is 6.42 Å². The van der Waals surface area contributed by atoms with E-state index >= 15 is 0 Å². The van der Waals surface area contributed by atoms with E-state index in [1.165, 1.54) is 13.3 Å². The van der Waals surface area contributed by atoms with E-state index in [1.54, 1.807) is 0 Å². The summed E-state index contributed by atoms with van der Waals surface area (Å²) in [6.45, 7) is 1.50. The molecule has 0 unspecified atom stereocenters. The van der Waals surface area contributed by atoms with Crippen LogP contribution in [0.25, 0.3) is 0 Å². The first-order valence-electron chi connectivity index (χ1n) is 3.41. The van der Waals surface area contributed by atoms with Gasteiger partial charge >= 0.3 is 0 Å². The van der Waals surface area contributed by atoms with Crippen LogP contribution in [0.3, 0.4) is 0 Å². The summed E-state index contributed by atoms with van der Waals surface area (Å²) in [5.41, 5.74) is 0. The van der Waals surface area contributed by atoms with Crippen molar-refractivity contribution in [2.45, 2.75) is 25.0 Å². The molecule has 1 saturated carbocycles. The van der Waals surface area contributed by atoms with Gasteiger partial charge in [0.15, 0.2) is 0 Å². The molecule has 0 saturated heterocycles.